The summed E-state index contributed by atoms with van der Waals surface area (Å²) >= 11 is 1.33. The van der Waals surface area contributed by atoms with Gasteiger partial charge < -0.3 is 31.1 Å². The molecule has 10 nitrogen and oxygen atoms in total. The average molecular weight is 635 g/mol. The van der Waals surface area contributed by atoms with Crippen molar-refractivity contribution >= 4 is 33.5 Å². The zero-order chi connectivity index (χ0) is 31.7. The molecule has 1 aromatic carbocycles. The molecule has 2 amide bonds. The number of hydrogen-bond donors (Lipinski definition) is 5. The van der Waals surface area contributed by atoms with Gasteiger partial charge in [-0.2, -0.15) is 0 Å². The van der Waals surface area contributed by atoms with Gasteiger partial charge in [0.25, 0.3) is 11.8 Å². The van der Waals surface area contributed by atoms with E-state index in [1.165, 1.54) is 16.9 Å². The van der Waals surface area contributed by atoms with Gasteiger partial charge in [0, 0.05) is 44.0 Å². The number of aryl methyl sites for hydroxylation is 1. The summed E-state index contributed by atoms with van der Waals surface area (Å²) in [5.41, 5.74) is 4.68. The Balaban J connectivity index is 1.21. The summed E-state index contributed by atoms with van der Waals surface area (Å²) in [6, 6.07) is 8.79. The number of aliphatic hydroxyl groups is 2. The van der Waals surface area contributed by atoms with Gasteiger partial charge in [-0.3, -0.25) is 9.59 Å². The van der Waals surface area contributed by atoms with Gasteiger partial charge in [0.05, 0.1) is 24.3 Å². The van der Waals surface area contributed by atoms with E-state index in [1.54, 1.807) is 6.07 Å². The number of piperidine rings is 1. The van der Waals surface area contributed by atoms with Gasteiger partial charge >= 0.3 is 0 Å². The van der Waals surface area contributed by atoms with Crippen LogP contribution in [-0.4, -0.2) is 87.9 Å². The Morgan fingerprint density at radius 3 is 2.62 bits per heavy atom. The summed E-state index contributed by atoms with van der Waals surface area (Å²) in [5.74, 6) is 0.0829. The number of pyridine rings is 1. The average Bonchev–Trinajstić information content (AvgIpc) is 3.63. The third kappa shape index (κ3) is 7.55. The Bertz CT molecular complexity index is 1530. The van der Waals surface area contributed by atoms with E-state index in [9.17, 15) is 19.8 Å². The molecule has 2 aromatic heterocycles. The Morgan fingerprint density at radius 2 is 1.89 bits per heavy atom. The fourth-order valence-electron chi connectivity index (χ4n) is 6.81. The molecule has 5 N–H and O–H groups in total. The minimum absolute atomic E-state index is 0.232. The highest BCUT2D eigenvalue weighted by molar-refractivity contribution is 7.19. The van der Waals surface area contributed by atoms with Crippen molar-refractivity contribution < 1.29 is 19.8 Å². The summed E-state index contributed by atoms with van der Waals surface area (Å²) in [4.78, 5) is 39.6. The lowest BCUT2D eigenvalue weighted by atomic mass is 9.71. The first kappa shape index (κ1) is 32.0. The monoisotopic (exact) mass is 634 g/mol. The van der Waals surface area contributed by atoms with E-state index in [-0.39, 0.29) is 35.4 Å². The zero-order valence-corrected chi connectivity index (χ0v) is 27.3. The van der Waals surface area contributed by atoms with Crippen molar-refractivity contribution in [2.75, 3.05) is 32.7 Å². The second-order valence-corrected chi connectivity index (χ2v) is 15.0. The van der Waals surface area contributed by atoms with E-state index in [0.29, 0.717) is 36.0 Å². The fraction of sp³-hybridized carbons (Fsp3) is 0.588. The molecule has 0 bridgehead atoms. The number of carbonyl (C=O) groups excluding carboxylic acids is 2. The summed E-state index contributed by atoms with van der Waals surface area (Å²) in [6.07, 6.45) is 4.30. The van der Waals surface area contributed by atoms with Crippen LogP contribution in [0.2, 0.25) is 0 Å². The second kappa shape index (κ2) is 13.4. The quantitative estimate of drug-likeness (QED) is 0.255. The molecule has 2 saturated heterocycles. The molecular weight excluding hydrogens is 588 g/mol. The molecule has 6 rings (SSSR count). The molecule has 45 heavy (non-hydrogen) atoms. The van der Waals surface area contributed by atoms with Crippen LogP contribution in [0.15, 0.2) is 30.3 Å². The Labute approximate surface area is 269 Å². The van der Waals surface area contributed by atoms with Crippen LogP contribution in [0.1, 0.15) is 89.5 Å². The second-order valence-electron chi connectivity index (χ2n) is 14.1. The third-order valence-corrected chi connectivity index (χ3v) is 10.8. The number of hydrogen-bond acceptors (Lipinski definition) is 9. The number of nitrogens with zero attached hydrogens (tertiary/aromatic N) is 3. The number of aliphatic hydroxyl groups excluding tert-OH is 2. The summed E-state index contributed by atoms with van der Waals surface area (Å²) in [7, 11) is 0. The molecule has 4 atom stereocenters. The van der Waals surface area contributed by atoms with E-state index in [2.05, 4.69) is 47.7 Å². The topological polar surface area (TPSA) is 140 Å². The Kier molecular flexibility index (Phi) is 9.54. The molecule has 3 aliphatic rings. The van der Waals surface area contributed by atoms with Crippen molar-refractivity contribution in [2.24, 2.45) is 11.3 Å². The van der Waals surface area contributed by atoms with Crippen molar-refractivity contribution in [1.82, 2.24) is 30.8 Å². The largest absolute Gasteiger partial charge is 0.393 e. The van der Waals surface area contributed by atoms with Crippen LogP contribution in [0.25, 0.3) is 10.3 Å². The van der Waals surface area contributed by atoms with Crippen LogP contribution in [0.5, 0.6) is 0 Å². The standard InChI is InChI=1S/C34H46N6O4S/c1-34(2,3)23-7-8-25-22(16-23)17-27-32(38-25)45-33(39-27)31(44)36-26(11-14-40-12-9-24(41)10-13-40)20-5-4-6-21(15-20)30(43)37-28-18-35-19-29(28)42/h4-6,15,17,23-24,26,28-29,35,41-42H,7-14,16,18-19H2,1-3H3,(H,36,44)(H,37,43)/t23-,26?,28-,29-/m0/s1. The number of carbonyl (C=O) groups is 2. The van der Waals surface area contributed by atoms with Gasteiger partial charge in [0.1, 0.15) is 10.3 Å². The maximum atomic E-state index is 13.7. The smallest absolute Gasteiger partial charge is 0.280 e. The highest BCUT2D eigenvalue weighted by Crippen LogP contribution is 2.38. The lowest BCUT2D eigenvalue weighted by molar-refractivity contribution is 0.0795. The Morgan fingerprint density at radius 1 is 1.09 bits per heavy atom. The van der Waals surface area contributed by atoms with Crippen LogP contribution >= 0.6 is 11.3 Å². The van der Waals surface area contributed by atoms with Crippen molar-refractivity contribution in [3.05, 3.63) is 57.7 Å². The molecule has 11 heteroatoms. The van der Waals surface area contributed by atoms with Gasteiger partial charge in [-0.25, -0.2) is 9.97 Å². The normalized spacial score (nSPS) is 23.5. The molecule has 0 radical (unpaired) electrons. The van der Waals surface area contributed by atoms with Crippen molar-refractivity contribution in [1.29, 1.82) is 0 Å². The summed E-state index contributed by atoms with van der Waals surface area (Å²) in [6.45, 7) is 10.2. The molecule has 2 fully saturated rings. The number of fused-ring (bicyclic) bond motifs is 2. The van der Waals surface area contributed by atoms with E-state index >= 15 is 0 Å². The van der Waals surface area contributed by atoms with Crippen LogP contribution in [0.3, 0.4) is 0 Å². The van der Waals surface area contributed by atoms with Gasteiger partial charge in [0.15, 0.2) is 5.01 Å². The molecule has 1 aliphatic carbocycles. The van der Waals surface area contributed by atoms with Crippen LogP contribution in [-0.2, 0) is 12.8 Å². The van der Waals surface area contributed by atoms with Gasteiger partial charge in [-0.1, -0.05) is 44.2 Å². The maximum absolute atomic E-state index is 13.7. The predicted molar refractivity (Wildman–Crippen MR) is 175 cm³/mol. The first-order valence-electron chi connectivity index (χ1n) is 16.3. The number of nitrogens with one attached hydrogen (secondary N) is 3. The first-order chi connectivity index (χ1) is 21.5. The molecule has 0 spiro atoms. The fourth-order valence-corrected chi connectivity index (χ4v) is 7.65. The molecule has 3 aromatic rings. The third-order valence-electron chi connectivity index (χ3n) is 9.81. The van der Waals surface area contributed by atoms with Gasteiger partial charge in [-0.05, 0) is 79.2 Å². The van der Waals surface area contributed by atoms with Crippen molar-refractivity contribution in [2.45, 2.75) is 83.6 Å². The van der Waals surface area contributed by atoms with E-state index in [1.807, 2.05) is 18.2 Å². The molecule has 242 valence electrons. The van der Waals surface area contributed by atoms with Gasteiger partial charge in [0.2, 0.25) is 0 Å². The number of thiazole rings is 1. The summed E-state index contributed by atoms with van der Waals surface area (Å²) < 4.78 is 0. The zero-order valence-electron chi connectivity index (χ0n) is 26.5. The minimum atomic E-state index is -0.624. The lowest BCUT2D eigenvalue weighted by Gasteiger charge is -2.34. The van der Waals surface area contributed by atoms with Gasteiger partial charge in [-0.15, -0.1) is 0 Å². The highest BCUT2D eigenvalue weighted by atomic mass is 32.1. The van der Waals surface area contributed by atoms with Crippen LogP contribution in [0, 0.1) is 11.3 Å². The molecule has 4 heterocycles. The SMILES string of the molecule is CC(C)(C)[C@H]1CCc2nc3sc(C(=O)NC(CCN4CCC(O)CC4)c4cccc(C(=O)N[C@H]5CNC[C@@H]5O)c4)nc3cc2C1. The number of rotatable bonds is 8. The number of likely N-dealkylation sites (tertiary alicyclic amines) is 1. The first-order valence-corrected chi connectivity index (χ1v) is 17.2. The molecule has 0 saturated carbocycles. The number of amides is 2. The number of benzene rings is 1. The Hall–Kier alpha value is -2.96. The van der Waals surface area contributed by atoms with Crippen LogP contribution < -0.4 is 16.0 Å². The minimum Gasteiger partial charge on any atom is -0.393 e. The molecular formula is C34H46N6O4S. The van der Waals surface area contributed by atoms with E-state index < -0.39 is 6.10 Å². The lowest BCUT2D eigenvalue weighted by Crippen LogP contribution is -2.42. The highest BCUT2D eigenvalue weighted by Gasteiger charge is 2.31. The van der Waals surface area contributed by atoms with Crippen molar-refractivity contribution in [3.8, 4) is 0 Å². The van der Waals surface area contributed by atoms with Crippen molar-refractivity contribution in [3.63, 3.8) is 0 Å². The number of β-amino-alcohol motifs (C(OH)–C–C–N with tert-alkyl or cyclic N) is 1. The predicted octanol–water partition coefficient (Wildman–Crippen LogP) is 3.22. The number of aromatic nitrogens is 2. The maximum Gasteiger partial charge on any atom is 0.280 e. The van der Waals surface area contributed by atoms with E-state index in [4.69, 9.17) is 9.97 Å². The van der Waals surface area contributed by atoms with Crippen LogP contribution in [0.4, 0.5) is 0 Å². The molecule has 2 aliphatic heterocycles. The molecule has 1 unspecified atom stereocenters. The van der Waals surface area contributed by atoms with E-state index in [0.717, 1.165) is 73.3 Å². The summed E-state index contributed by atoms with van der Waals surface area (Å²) in [5, 5.41) is 29.7.